The minimum Gasteiger partial charge on any atom is -0.457 e. The number of aryl methyl sites for hydroxylation is 1. The van der Waals surface area contributed by atoms with Crippen LogP contribution < -0.4 is 10.1 Å². The van der Waals surface area contributed by atoms with Gasteiger partial charge in [-0.25, -0.2) is 0 Å². The molecule has 1 N–H and O–H groups in total. The summed E-state index contributed by atoms with van der Waals surface area (Å²) in [7, 11) is 0. The van der Waals surface area contributed by atoms with Crippen LogP contribution in [-0.2, 0) is 6.42 Å². The van der Waals surface area contributed by atoms with Crippen LogP contribution in [0.5, 0.6) is 11.5 Å². The Balaban J connectivity index is 1.52. The Kier molecular flexibility index (Phi) is 5.47. The lowest BCUT2D eigenvalue weighted by molar-refractivity contribution is 0.0954. The Labute approximate surface area is 148 Å². The number of carbonyl (C=O) groups is 1. The molecule has 3 rings (SSSR count). The predicted octanol–water partition coefficient (Wildman–Crippen LogP) is 4.76. The molecule has 0 unspecified atom stereocenters. The van der Waals surface area contributed by atoms with Crippen molar-refractivity contribution in [3.8, 4) is 11.5 Å². The minimum absolute atomic E-state index is 0.0715. The van der Waals surface area contributed by atoms with E-state index in [1.807, 2.05) is 61.5 Å². The van der Waals surface area contributed by atoms with Crippen molar-refractivity contribution in [1.82, 2.24) is 5.32 Å². The first kappa shape index (κ1) is 16.8. The van der Waals surface area contributed by atoms with E-state index in [0.717, 1.165) is 12.2 Å². The Morgan fingerprint density at radius 1 is 0.840 bits per heavy atom. The van der Waals surface area contributed by atoms with Crippen LogP contribution in [0, 0.1) is 6.92 Å². The third kappa shape index (κ3) is 4.95. The van der Waals surface area contributed by atoms with E-state index in [1.165, 1.54) is 11.1 Å². The van der Waals surface area contributed by atoms with Gasteiger partial charge >= 0.3 is 0 Å². The number of hydrogen-bond acceptors (Lipinski definition) is 2. The third-order valence-electron chi connectivity index (χ3n) is 3.92. The summed E-state index contributed by atoms with van der Waals surface area (Å²) in [6.07, 6.45) is 0.821. The van der Waals surface area contributed by atoms with Gasteiger partial charge in [0.25, 0.3) is 5.91 Å². The first-order valence-electron chi connectivity index (χ1n) is 8.37. The molecule has 3 nitrogen and oxygen atoms in total. The van der Waals surface area contributed by atoms with E-state index in [0.29, 0.717) is 17.9 Å². The van der Waals surface area contributed by atoms with E-state index in [2.05, 4.69) is 17.4 Å². The van der Waals surface area contributed by atoms with Crippen molar-refractivity contribution in [3.63, 3.8) is 0 Å². The van der Waals surface area contributed by atoms with Crippen LogP contribution in [-0.4, -0.2) is 12.5 Å². The van der Waals surface area contributed by atoms with E-state index >= 15 is 0 Å². The van der Waals surface area contributed by atoms with E-state index in [1.54, 1.807) is 12.1 Å². The molecule has 0 radical (unpaired) electrons. The summed E-state index contributed by atoms with van der Waals surface area (Å²) in [5.41, 5.74) is 3.03. The maximum atomic E-state index is 12.2. The summed E-state index contributed by atoms with van der Waals surface area (Å²) in [6, 6.07) is 25.2. The Bertz CT molecular complexity index is 809. The second kappa shape index (κ2) is 8.15. The number of carbonyl (C=O) groups excluding carboxylic acids is 1. The molecule has 0 aliphatic heterocycles. The Morgan fingerprint density at radius 2 is 1.44 bits per heavy atom. The monoisotopic (exact) mass is 331 g/mol. The highest BCUT2D eigenvalue weighted by molar-refractivity contribution is 5.94. The number of amides is 1. The van der Waals surface area contributed by atoms with Gasteiger partial charge < -0.3 is 10.1 Å². The Hall–Kier alpha value is -3.07. The molecule has 0 fully saturated rings. The topological polar surface area (TPSA) is 38.3 Å². The van der Waals surface area contributed by atoms with Gasteiger partial charge in [-0.2, -0.15) is 0 Å². The van der Waals surface area contributed by atoms with E-state index < -0.39 is 0 Å². The van der Waals surface area contributed by atoms with Crippen molar-refractivity contribution < 1.29 is 9.53 Å². The zero-order valence-corrected chi connectivity index (χ0v) is 14.2. The smallest absolute Gasteiger partial charge is 0.251 e. The minimum atomic E-state index is -0.0715. The van der Waals surface area contributed by atoms with Crippen LogP contribution in [0.4, 0.5) is 0 Å². The Morgan fingerprint density at radius 3 is 2.08 bits per heavy atom. The maximum absolute atomic E-state index is 12.2. The van der Waals surface area contributed by atoms with Crippen molar-refractivity contribution in [3.05, 3.63) is 95.6 Å². The first-order valence-corrected chi connectivity index (χ1v) is 8.37. The standard InChI is InChI=1S/C22H21NO2/c1-17-7-11-20(12-8-17)25-21-13-9-19(10-14-21)22(24)23-16-15-18-5-3-2-4-6-18/h2-14H,15-16H2,1H3,(H,23,24). The summed E-state index contributed by atoms with van der Waals surface area (Å²) in [6.45, 7) is 2.65. The van der Waals surface area contributed by atoms with Crippen LogP contribution in [0.2, 0.25) is 0 Å². The molecule has 3 heteroatoms. The number of ether oxygens (including phenoxy) is 1. The van der Waals surface area contributed by atoms with Crippen LogP contribution in [0.3, 0.4) is 0 Å². The zero-order valence-electron chi connectivity index (χ0n) is 14.2. The molecule has 0 heterocycles. The van der Waals surface area contributed by atoms with Gasteiger partial charge in [0.1, 0.15) is 11.5 Å². The van der Waals surface area contributed by atoms with Gasteiger partial charge in [-0.1, -0.05) is 48.0 Å². The average molecular weight is 331 g/mol. The van der Waals surface area contributed by atoms with Crippen LogP contribution in [0.1, 0.15) is 21.5 Å². The highest BCUT2D eigenvalue weighted by atomic mass is 16.5. The van der Waals surface area contributed by atoms with Gasteiger partial charge in [0.05, 0.1) is 0 Å². The van der Waals surface area contributed by atoms with E-state index in [4.69, 9.17) is 4.74 Å². The molecular formula is C22H21NO2. The lowest BCUT2D eigenvalue weighted by Gasteiger charge is -2.08. The summed E-state index contributed by atoms with van der Waals surface area (Å²) in [5.74, 6) is 1.42. The highest BCUT2D eigenvalue weighted by Crippen LogP contribution is 2.21. The molecule has 0 saturated heterocycles. The van der Waals surface area contributed by atoms with Crippen molar-refractivity contribution in [2.75, 3.05) is 6.54 Å². The van der Waals surface area contributed by atoms with Gasteiger partial charge in [0.2, 0.25) is 0 Å². The molecule has 3 aromatic carbocycles. The first-order chi connectivity index (χ1) is 12.2. The van der Waals surface area contributed by atoms with E-state index in [9.17, 15) is 4.79 Å². The fraction of sp³-hybridized carbons (Fsp3) is 0.136. The zero-order chi connectivity index (χ0) is 17.5. The molecule has 126 valence electrons. The number of hydrogen-bond donors (Lipinski definition) is 1. The second-order valence-corrected chi connectivity index (χ2v) is 5.93. The quantitative estimate of drug-likeness (QED) is 0.707. The molecule has 1 amide bonds. The van der Waals surface area contributed by atoms with Crippen molar-refractivity contribution in [2.24, 2.45) is 0 Å². The molecular weight excluding hydrogens is 310 g/mol. The van der Waals surface area contributed by atoms with Crippen LogP contribution >= 0.6 is 0 Å². The number of rotatable bonds is 6. The summed E-state index contributed by atoms with van der Waals surface area (Å²) in [5, 5.41) is 2.94. The summed E-state index contributed by atoms with van der Waals surface area (Å²) >= 11 is 0. The molecule has 0 spiro atoms. The third-order valence-corrected chi connectivity index (χ3v) is 3.92. The molecule has 0 saturated carbocycles. The molecule has 0 bridgehead atoms. The second-order valence-electron chi connectivity index (χ2n) is 5.93. The molecule has 25 heavy (non-hydrogen) atoms. The van der Waals surface area contributed by atoms with Gasteiger partial charge in [0, 0.05) is 12.1 Å². The van der Waals surface area contributed by atoms with Gasteiger partial charge in [-0.3, -0.25) is 4.79 Å². The van der Waals surface area contributed by atoms with E-state index in [-0.39, 0.29) is 5.91 Å². The SMILES string of the molecule is Cc1ccc(Oc2ccc(C(=O)NCCc3ccccc3)cc2)cc1. The largest absolute Gasteiger partial charge is 0.457 e. The molecule has 0 atom stereocenters. The fourth-order valence-corrected chi connectivity index (χ4v) is 2.48. The average Bonchev–Trinajstić information content (AvgIpc) is 2.65. The predicted molar refractivity (Wildman–Crippen MR) is 100 cm³/mol. The molecule has 0 aliphatic rings. The number of nitrogens with one attached hydrogen (secondary N) is 1. The van der Waals surface area contributed by atoms with Gasteiger partial charge in [-0.15, -0.1) is 0 Å². The summed E-state index contributed by atoms with van der Waals surface area (Å²) in [4.78, 5) is 12.2. The van der Waals surface area contributed by atoms with Crippen LogP contribution in [0.25, 0.3) is 0 Å². The summed E-state index contributed by atoms with van der Waals surface area (Å²) < 4.78 is 5.78. The normalized spacial score (nSPS) is 10.3. The molecule has 0 aliphatic carbocycles. The fourth-order valence-electron chi connectivity index (χ4n) is 2.48. The molecule has 3 aromatic rings. The lowest BCUT2D eigenvalue weighted by atomic mass is 10.1. The van der Waals surface area contributed by atoms with Crippen molar-refractivity contribution >= 4 is 5.91 Å². The van der Waals surface area contributed by atoms with Crippen molar-refractivity contribution in [1.29, 1.82) is 0 Å². The van der Waals surface area contributed by atoms with Gasteiger partial charge in [0.15, 0.2) is 0 Å². The molecule has 0 aromatic heterocycles. The highest BCUT2D eigenvalue weighted by Gasteiger charge is 2.05. The van der Waals surface area contributed by atoms with Gasteiger partial charge in [-0.05, 0) is 55.3 Å². The van der Waals surface area contributed by atoms with Crippen LogP contribution in [0.15, 0.2) is 78.9 Å². The maximum Gasteiger partial charge on any atom is 0.251 e. The van der Waals surface area contributed by atoms with Crippen molar-refractivity contribution in [2.45, 2.75) is 13.3 Å². The lowest BCUT2D eigenvalue weighted by Crippen LogP contribution is -2.25. The number of benzene rings is 3.